The number of aromatic nitrogens is 8. The van der Waals surface area contributed by atoms with Crippen LogP contribution in [0.25, 0.3) is 102 Å². The zero-order valence-corrected chi connectivity index (χ0v) is 36.8. The van der Waals surface area contributed by atoms with Crippen LogP contribution in [0.1, 0.15) is 28.3 Å². The Kier molecular flexibility index (Phi) is 11.0. The summed E-state index contributed by atoms with van der Waals surface area (Å²) in [5.41, 5.74) is 15.4. The number of pyridine rings is 2. The van der Waals surface area contributed by atoms with Gasteiger partial charge in [-0.15, -0.1) is 0 Å². The van der Waals surface area contributed by atoms with Crippen molar-refractivity contribution in [2.24, 2.45) is 0 Å². The molecule has 0 N–H and O–H groups in total. The summed E-state index contributed by atoms with van der Waals surface area (Å²) in [7, 11) is 0. The van der Waals surface area contributed by atoms with Gasteiger partial charge in [-0.05, 0) is 104 Å². The Morgan fingerprint density at radius 1 is 0.288 bits per heavy atom. The predicted octanol–water partition coefficient (Wildman–Crippen LogP) is 13.0. The van der Waals surface area contributed by atoms with Crippen LogP contribution in [-0.2, 0) is 0 Å². The van der Waals surface area contributed by atoms with Crippen LogP contribution < -0.4 is 0 Å². The van der Waals surface area contributed by atoms with E-state index in [0.717, 1.165) is 89.5 Å². The standard InChI is InChI=1S/C57H41N9/c1-35-18-29-48(37(3)59-35)56-63-52(42-13-7-5-8-14-42)61-54(65-56)44-24-20-40(21-25-44)46-28-31-50(51(33-46)47-17-11-12-39(32-47)34-58)41-22-26-45(27-23-41)55-62-53(43-15-9-6-10-16-43)64-57(66-55)49-30-19-36(2)60-38(49)4/h5-33H,1-4H3. The molecule has 10 rings (SSSR count). The lowest BCUT2D eigenvalue weighted by atomic mass is 9.90. The topological polar surface area (TPSA) is 127 Å². The van der Waals surface area contributed by atoms with E-state index < -0.39 is 0 Å². The normalized spacial score (nSPS) is 11.0. The number of nitriles is 1. The molecular weight excluding hydrogens is 811 g/mol. The van der Waals surface area contributed by atoms with Crippen molar-refractivity contribution in [3.05, 3.63) is 204 Å². The monoisotopic (exact) mass is 851 g/mol. The van der Waals surface area contributed by atoms with Crippen molar-refractivity contribution in [1.82, 2.24) is 39.9 Å². The molecule has 6 aromatic carbocycles. The lowest BCUT2D eigenvalue weighted by Crippen LogP contribution is -2.02. The zero-order valence-electron chi connectivity index (χ0n) is 36.8. The lowest BCUT2D eigenvalue weighted by molar-refractivity contribution is 1.05. The van der Waals surface area contributed by atoms with Gasteiger partial charge in [0.1, 0.15) is 0 Å². The van der Waals surface area contributed by atoms with Crippen molar-refractivity contribution in [3.63, 3.8) is 0 Å². The first kappa shape index (κ1) is 41.2. The molecule has 66 heavy (non-hydrogen) atoms. The molecular formula is C57H41N9. The van der Waals surface area contributed by atoms with Gasteiger partial charge in [0.05, 0.1) is 11.6 Å². The Labute approximate surface area is 383 Å². The summed E-state index contributed by atoms with van der Waals surface area (Å²) in [5, 5.41) is 9.90. The van der Waals surface area contributed by atoms with Gasteiger partial charge >= 0.3 is 0 Å². The average molecular weight is 852 g/mol. The second kappa shape index (κ2) is 17.7. The number of hydrogen-bond donors (Lipinski definition) is 0. The second-order valence-electron chi connectivity index (χ2n) is 16.1. The van der Waals surface area contributed by atoms with Crippen LogP contribution in [0.5, 0.6) is 0 Å². The minimum absolute atomic E-state index is 0.568. The van der Waals surface area contributed by atoms with Gasteiger partial charge in [0, 0.05) is 56.2 Å². The fraction of sp³-hybridized carbons (Fsp3) is 0.0702. The number of rotatable bonds is 9. The van der Waals surface area contributed by atoms with E-state index in [1.54, 1.807) is 0 Å². The van der Waals surface area contributed by atoms with Crippen molar-refractivity contribution >= 4 is 0 Å². The maximum atomic E-state index is 9.90. The Morgan fingerprint density at radius 3 is 1.15 bits per heavy atom. The molecule has 0 amide bonds. The predicted molar refractivity (Wildman–Crippen MR) is 261 cm³/mol. The summed E-state index contributed by atoms with van der Waals surface area (Å²) in [4.78, 5) is 39.0. The van der Waals surface area contributed by atoms with Gasteiger partial charge in [0.15, 0.2) is 34.9 Å². The molecule has 0 radical (unpaired) electrons. The van der Waals surface area contributed by atoms with E-state index in [9.17, 15) is 5.26 Å². The summed E-state index contributed by atoms with van der Waals surface area (Å²) >= 11 is 0. The summed E-state index contributed by atoms with van der Waals surface area (Å²) in [6.45, 7) is 7.91. The van der Waals surface area contributed by atoms with Crippen LogP contribution in [-0.4, -0.2) is 39.9 Å². The molecule has 0 atom stereocenters. The van der Waals surface area contributed by atoms with E-state index >= 15 is 0 Å². The van der Waals surface area contributed by atoms with Crippen molar-refractivity contribution in [2.45, 2.75) is 27.7 Å². The number of nitrogens with zero attached hydrogens (tertiary/aromatic N) is 9. The SMILES string of the molecule is Cc1ccc(-c2nc(-c3ccccc3)nc(-c3ccc(-c4ccc(-c5ccc(-c6nc(-c7ccccc7)nc(-c7ccc(C)nc7C)n6)cc5)c(-c5cccc(C#N)c5)c4)cc3)n2)c(C)n1. The quantitative estimate of drug-likeness (QED) is 0.139. The summed E-state index contributed by atoms with van der Waals surface area (Å²) in [5.74, 6) is 3.47. The molecule has 0 saturated carbocycles. The average Bonchev–Trinajstić information content (AvgIpc) is 3.36. The fourth-order valence-electron chi connectivity index (χ4n) is 8.11. The van der Waals surface area contributed by atoms with Gasteiger partial charge in [-0.3, -0.25) is 9.97 Å². The Morgan fingerprint density at radius 2 is 0.682 bits per heavy atom. The van der Waals surface area contributed by atoms with Crippen molar-refractivity contribution in [1.29, 1.82) is 5.26 Å². The summed E-state index contributed by atoms with van der Waals surface area (Å²) in [6.07, 6.45) is 0. The molecule has 9 heteroatoms. The third-order valence-corrected chi connectivity index (χ3v) is 11.5. The minimum atomic E-state index is 0.568. The van der Waals surface area contributed by atoms with Crippen LogP contribution >= 0.6 is 0 Å². The first-order valence-corrected chi connectivity index (χ1v) is 21.6. The first-order chi connectivity index (χ1) is 32.3. The second-order valence-corrected chi connectivity index (χ2v) is 16.1. The highest BCUT2D eigenvalue weighted by Gasteiger charge is 2.18. The molecule has 9 nitrogen and oxygen atoms in total. The fourth-order valence-corrected chi connectivity index (χ4v) is 8.11. The van der Waals surface area contributed by atoms with Crippen LogP contribution in [0.2, 0.25) is 0 Å². The van der Waals surface area contributed by atoms with Gasteiger partial charge in [0.2, 0.25) is 0 Å². The Balaban J connectivity index is 1.02. The van der Waals surface area contributed by atoms with Crippen LogP contribution in [0, 0.1) is 39.0 Å². The largest absolute Gasteiger partial charge is 0.258 e. The van der Waals surface area contributed by atoms with E-state index in [-0.39, 0.29) is 0 Å². The number of aryl methyl sites for hydroxylation is 4. The smallest absolute Gasteiger partial charge is 0.165 e. The van der Waals surface area contributed by atoms with Gasteiger partial charge < -0.3 is 0 Å². The first-order valence-electron chi connectivity index (χ1n) is 21.6. The van der Waals surface area contributed by atoms with E-state index in [2.05, 4.69) is 82.8 Å². The molecule has 314 valence electrons. The summed E-state index contributed by atoms with van der Waals surface area (Å²) in [6, 6.07) is 61.1. The Hall–Kier alpha value is -8.87. The van der Waals surface area contributed by atoms with E-state index in [1.807, 2.05) is 137 Å². The highest BCUT2D eigenvalue weighted by atomic mass is 15.0. The Bertz CT molecular complexity index is 3450. The zero-order chi connectivity index (χ0) is 45.1. The minimum Gasteiger partial charge on any atom is -0.258 e. The van der Waals surface area contributed by atoms with Crippen LogP contribution in [0.3, 0.4) is 0 Å². The highest BCUT2D eigenvalue weighted by Crippen LogP contribution is 2.38. The van der Waals surface area contributed by atoms with Crippen molar-refractivity contribution in [3.8, 4) is 108 Å². The van der Waals surface area contributed by atoms with Crippen LogP contribution in [0.4, 0.5) is 0 Å². The lowest BCUT2D eigenvalue weighted by Gasteiger charge is -2.15. The molecule has 0 spiro atoms. The molecule has 0 aliphatic heterocycles. The highest BCUT2D eigenvalue weighted by molar-refractivity contribution is 5.88. The molecule has 10 aromatic rings. The van der Waals surface area contributed by atoms with Gasteiger partial charge in [-0.2, -0.15) is 5.26 Å². The molecule has 0 fully saturated rings. The third kappa shape index (κ3) is 8.47. The molecule has 0 bridgehead atoms. The maximum Gasteiger partial charge on any atom is 0.165 e. The van der Waals surface area contributed by atoms with Crippen molar-refractivity contribution in [2.75, 3.05) is 0 Å². The van der Waals surface area contributed by atoms with Gasteiger partial charge in [-0.25, -0.2) is 29.9 Å². The van der Waals surface area contributed by atoms with E-state index in [4.69, 9.17) is 29.9 Å². The van der Waals surface area contributed by atoms with Crippen LogP contribution in [0.15, 0.2) is 176 Å². The summed E-state index contributed by atoms with van der Waals surface area (Å²) < 4.78 is 0. The van der Waals surface area contributed by atoms with Gasteiger partial charge in [-0.1, -0.05) is 133 Å². The van der Waals surface area contributed by atoms with E-state index in [0.29, 0.717) is 40.5 Å². The molecule has 4 aromatic heterocycles. The maximum absolute atomic E-state index is 9.90. The molecule has 4 heterocycles. The van der Waals surface area contributed by atoms with Gasteiger partial charge in [0.25, 0.3) is 0 Å². The third-order valence-electron chi connectivity index (χ3n) is 11.5. The molecule has 0 saturated heterocycles. The van der Waals surface area contributed by atoms with E-state index in [1.165, 1.54) is 0 Å². The molecule has 0 aliphatic rings. The molecule has 0 unspecified atom stereocenters. The number of hydrogen-bond acceptors (Lipinski definition) is 9. The molecule has 0 aliphatic carbocycles. The number of benzene rings is 6. The van der Waals surface area contributed by atoms with Crippen molar-refractivity contribution < 1.29 is 0 Å².